The molecule has 4 nitrogen and oxygen atoms in total. The van der Waals surface area contributed by atoms with Crippen LogP contribution in [0.25, 0.3) is 0 Å². The summed E-state index contributed by atoms with van der Waals surface area (Å²) in [6, 6.07) is 0. The predicted octanol–water partition coefficient (Wildman–Crippen LogP) is 1.62. The van der Waals surface area contributed by atoms with Gasteiger partial charge in [-0.2, -0.15) is 9.37 Å². The van der Waals surface area contributed by atoms with Crippen LogP contribution in [0.15, 0.2) is 6.20 Å². The molecule has 14 heavy (non-hydrogen) atoms. The average Bonchev–Trinajstić information content (AvgIpc) is 2.11. The molecule has 1 rings (SSSR count). The second kappa shape index (κ2) is 4.21. The van der Waals surface area contributed by atoms with Gasteiger partial charge >= 0.3 is 0 Å². The summed E-state index contributed by atoms with van der Waals surface area (Å²) in [6.45, 7) is 5.81. The fraction of sp³-hybridized carbons (Fsp3) is 0.556. The highest BCUT2D eigenvalue weighted by molar-refractivity contribution is 5.22. The van der Waals surface area contributed by atoms with Crippen molar-refractivity contribution in [3.63, 3.8) is 0 Å². The van der Waals surface area contributed by atoms with E-state index in [1.807, 2.05) is 20.8 Å². The van der Waals surface area contributed by atoms with Crippen LogP contribution in [-0.2, 0) is 0 Å². The van der Waals surface area contributed by atoms with E-state index in [1.165, 1.54) is 0 Å². The Morgan fingerprint density at radius 3 is 2.64 bits per heavy atom. The predicted molar refractivity (Wildman–Crippen MR) is 51.3 cm³/mol. The van der Waals surface area contributed by atoms with Gasteiger partial charge in [-0.25, -0.2) is 4.98 Å². The molecule has 0 saturated carbocycles. The van der Waals surface area contributed by atoms with E-state index in [9.17, 15) is 4.39 Å². The van der Waals surface area contributed by atoms with E-state index >= 15 is 0 Å². The van der Waals surface area contributed by atoms with E-state index in [-0.39, 0.29) is 23.9 Å². The molecule has 1 atom stereocenters. The fourth-order valence-corrected chi connectivity index (χ4v) is 0.759. The first-order valence-electron chi connectivity index (χ1n) is 4.45. The van der Waals surface area contributed by atoms with Gasteiger partial charge in [-0.05, 0) is 12.8 Å². The van der Waals surface area contributed by atoms with Crippen molar-refractivity contribution >= 4 is 5.95 Å². The maximum atomic E-state index is 13.1. The van der Waals surface area contributed by atoms with Crippen molar-refractivity contribution in [2.45, 2.75) is 26.9 Å². The molecule has 0 saturated heterocycles. The molecule has 0 radical (unpaired) electrons. The van der Waals surface area contributed by atoms with Crippen LogP contribution < -0.4 is 10.5 Å². The molecule has 0 aromatic carbocycles. The van der Waals surface area contributed by atoms with Crippen LogP contribution in [-0.4, -0.2) is 16.1 Å². The molecule has 0 bridgehead atoms. The van der Waals surface area contributed by atoms with Gasteiger partial charge in [-0.1, -0.05) is 13.8 Å². The zero-order chi connectivity index (χ0) is 10.7. The van der Waals surface area contributed by atoms with Gasteiger partial charge in [0.1, 0.15) is 6.10 Å². The Bertz CT molecular complexity index is 317. The third-order valence-corrected chi connectivity index (χ3v) is 1.97. The third-order valence-electron chi connectivity index (χ3n) is 1.97. The van der Waals surface area contributed by atoms with Crippen LogP contribution >= 0.6 is 0 Å². The zero-order valence-corrected chi connectivity index (χ0v) is 8.49. The number of rotatable bonds is 3. The van der Waals surface area contributed by atoms with Crippen molar-refractivity contribution in [2.24, 2.45) is 5.92 Å². The normalized spacial score (nSPS) is 12.9. The second-order valence-electron chi connectivity index (χ2n) is 3.45. The Hall–Kier alpha value is -1.39. The van der Waals surface area contributed by atoms with Gasteiger partial charge in [0.25, 0.3) is 5.88 Å². The first-order valence-corrected chi connectivity index (χ1v) is 4.45. The van der Waals surface area contributed by atoms with Crippen molar-refractivity contribution in [1.82, 2.24) is 9.97 Å². The van der Waals surface area contributed by atoms with Gasteiger partial charge in [-0.15, -0.1) is 0 Å². The summed E-state index contributed by atoms with van der Waals surface area (Å²) in [5.41, 5.74) is 5.31. The number of ether oxygens (including phenoxy) is 1. The average molecular weight is 199 g/mol. The Kier molecular flexibility index (Phi) is 3.22. The lowest BCUT2D eigenvalue weighted by molar-refractivity contribution is 0.155. The maximum absolute atomic E-state index is 13.1. The summed E-state index contributed by atoms with van der Waals surface area (Å²) in [5.74, 6) is -0.381. The van der Waals surface area contributed by atoms with E-state index in [1.54, 1.807) is 0 Å². The summed E-state index contributed by atoms with van der Waals surface area (Å²) < 4.78 is 18.4. The first kappa shape index (κ1) is 10.7. The lowest BCUT2D eigenvalue weighted by Crippen LogP contribution is -2.20. The minimum absolute atomic E-state index is 0.0114. The second-order valence-corrected chi connectivity index (χ2v) is 3.45. The molecule has 1 aromatic rings. The minimum atomic E-state index is -0.591. The van der Waals surface area contributed by atoms with Crippen molar-refractivity contribution in [3.8, 4) is 5.88 Å². The Balaban J connectivity index is 2.80. The van der Waals surface area contributed by atoms with Gasteiger partial charge < -0.3 is 10.5 Å². The van der Waals surface area contributed by atoms with Gasteiger partial charge in [0, 0.05) is 0 Å². The lowest BCUT2D eigenvalue weighted by atomic mass is 10.1. The van der Waals surface area contributed by atoms with Crippen molar-refractivity contribution < 1.29 is 9.13 Å². The molecule has 1 aromatic heterocycles. The molecule has 1 heterocycles. The van der Waals surface area contributed by atoms with Gasteiger partial charge in [0.05, 0.1) is 6.20 Å². The van der Waals surface area contributed by atoms with E-state index in [0.717, 1.165) is 6.20 Å². The molecular formula is C9H14FN3O. The molecule has 5 heteroatoms. The molecule has 0 fully saturated rings. The highest BCUT2D eigenvalue weighted by Gasteiger charge is 2.13. The number of nitrogen functional groups attached to an aromatic ring is 1. The van der Waals surface area contributed by atoms with E-state index < -0.39 is 5.82 Å². The molecule has 0 amide bonds. The fourth-order valence-electron chi connectivity index (χ4n) is 0.759. The molecule has 1 unspecified atom stereocenters. The van der Waals surface area contributed by atoms with Crippen molar-refractivity contribution in [1.29, 1.82) is 0 Å². The quantitative estimate of drug-likeness (QED) is 0.803. The number of halogens is 1. The molecule has 0 aliphatic heterocycles. The number of anilines is 1. The monoisotopic (exact) mass is 199 g/mol. The van der Waals surface area contributed by atoms with Crippen LogP contribution in [0.3, 0.4) is 0 Å². The third kappa shape index (κ3) is 2.55. The van der Waals surface area contributed by atoms with Crippen LogP contribution in [0.1, 0.15) is 20.8 Å². The molecule has 2 N–H and O–H groups in total. The smallest absolute Gasteiger partial charge is 0.255 e. The summed E-state index contributed by atoms with van der Waals surface area (Å²) in [7, 11) is 0. The minimum Gasteiger partial charge on any atom is -0.472 e. The molecule has 0 aliphatic carbocycles. The van der Waals surface area contributed by atoms with Crippen LogP contribution in [0.2, 0.25) is 0 Å². The topological polar surface area (TPSA) is 61.0 Å². The van der Waals surface area contributed by atoms with Gasteiger partial charge in [0.15, 0.2) is 0 Å². The van der Waals surface area contributed by atoms with Crippen molar-refractivity contribution in [3.05, 3.63) is 12.0 Å². The Labute approximate surface area is 82.3 Å². The maximum Gasteiger partial charge on any atom is 0.255 e. The van der Waals surface area contributed by atoms with E-state index in [0.29, 0.717) is 0 Å². The molecule has 78 valence electrons. The molecule has 0 spiro atoms. The first-order chi connectivity index (χ1) is 6.50. The molecule has 0 aliphatic rings. The Morgan fingerprint density at radius 2 is 2.07 bits per heavy atom. The SMILES string of the molecule is CC(C)C(C)Oc1nc(N)ncc1F. The molecular weight excluding hydrogens is 185 g/mol. The summed E-state index contributed by atoms with van der Waals surface area (Å²) in [5, 5.41) is 0. The highest BCUT2D eigenvalue weighted by Crippen LogP contribution is 2.17. The largest absolute Gasteiger partial charge is 0.472 e. The number of nitrogens with two attached hydrogens (primary N) is 1. The lowest BCUT2D eigenvalue weighted by Gasteiger charge is -2.17. The van der Waals surface area contributed by atoms with Crippen molar-refractivity contribution in [2.75, 3.05) is 5.73 Å². The number of nitrogens with zero attached hydrogens (tertiary/aromatic N) is 2. The van der Waals surface area contributed by atoms with Gasteiger partial charge in [-0.3, -0.25) is 0 Å². The highest BCUT2D eigenvalue weighted by atomic mass is 19.1. The van der Waals surface area contributed by atoms with Gasteiger partial charge in [0.2, 0.25) is 11.8 Å². The van der Waals surface area contributed by atoms with Crippen LogP contribution in [0.5, 0.6) is 5.88 Å². The summed E-state index contributed by atoms with van der Waals surface area (Å²) >= 11 is 0. The zero-order valence-electron chi connectivity index (χ0n) is 8.49. The summed E-state index contributed by atoms with van der Waals surface area (Å²) in [6.07, 6.45) is 0.892. The van der Waals surface area contributed by atoms with E-state index in [2.05, 4.69) is 9.97 Å². The number of aromatic nitrogens is 2. The Morgan fingerprint density at radius 1 is 1.43 bits per heavy atom. The number of hydrogen-bond donors (Lipinski definition) is 1. The number of hydrogen-bond acceptors (Lipinski definition) is 4. The van der Waals surface area contributed by atoms with Crippen LogP contribution in [0, 0.1) is 11.7 Å². The van der Waals surface area contributed by atoms with Crippen LogP contribution in [0.4, 0.5) is 10.3 Å². The standard InChI is InChI=1S/C9H14FN3O/c1-5(2)6(3)14-8-7(10)4-12-9(11)13-8/h4-6H,1-3H3,(H2,11,12,13). The van der Waals surface area contributed by atoms with E-state index in [4.69, 9.17) is 10.5 Å². The summed E-state index contributed by atoms with van der Waals surface area (Å²) in [4.78, 5) is 7.17.